The molecule has 0 aliphatic heterocycles. The van der Waals surface area contributed by atoms with Gasteiger partial charge < -0.3 is 15.4 Å². The van der Waals surface area contributed by atoms with E-state index < -0.39 is 0 Å². The largest absolute Gasteiger partial charge is 0.497 e. The van der Waals surface area contributed by atoms with Crippen LogP contribution in [-0.2, 0) is 6.42 Å². The van der Waals surface area contributed by atoms with Crippen molar-refractivity contribution >= 4 is 17.4 Å². The van der Waals surface area contributed by atoms with Gasteiger partial charge in [-0.15, -0.1) is 10.2 Å². The maximum absolute atomic E-state index is 12.2. The van der Waals surface area contributed by atoms with Crippen molar-refractivity contribution < 1.29 is 9.53 Å². The first-order chi connectivity index (χ1) is 13.5. The predicted molar refractivity (Wildman–Crippen MR) is 110 cm³/mol. The fourth-order valence-corrected chi connectivity index (χ4v) is 2.73. The molecule has 2 aromatic carbocycles. The van der Waals surface area contributed by atoms with Gasteiger partial charge in [-0.2, -0.15) is 0 Å². The van der Waals surface area contributed by atoms with Gasteiger partial charge in [0.2, 0.25) is 0 Å². The Morgan fingerprint density at radius 2 is 1.79 bits per heavy atom. The van der Waals surface area contributed by atoms with Crippen molar-refractivity contribution in [3.63, 3.8) is 0 Å². The number of ether oxygens (including phenoxy) is 1. The summed E-state index contributed by atoms with van der Waals surface area (Å²) in [6, 6.07) is 17.4. The van der Waals surface area contributed by atoms with E-state index in [0.717, 1.165) is 34.5 Å². The molecule has 0 unspecified atom stereocenters. The maximum atomic E-state index is 12.2. The smallest absolute Gasteiger partial charge is 0.271 e. The zero-order valence-electron chi connectivity index (χ0n) is 16.3. The SMILES string of the molecule is COc1ccc(CCNC(=O)c2ccc(Nc3cc(C)ccc3C)nn2)cc1. The van der Waals surface area contributed by atoms with Gasteiger partial charge in [0.15, 0.2) is 11.5 Å². The Morgan fingerprint density at radius 1 is 1.00 bits per heavy atom. The molecule has 1 amide bonds. The summed E-state index contributed by atoms with van der Waals surface area (Å²) >= 11 is 0. The van der Waals surface area contributed by atoms with Crippen LogP contribution in [0.4, 0.5) is 11.5 Å². The Labute approximate surface area is 165 Å². The Balaban J connectivity index is 1.53. The van der Waals surface area contributed by atoms with Crippen molar-refractivity contribution in [2.75, 3.05) is 19.0 Å². The third-order valence-electron chi connectivity index (χ3n) is 4.41. The molecule has 0 radical (unpaired) electrons. The van der Waals surface area contributed by atoms with Crippen molar-refractivity contribution in [1.82, 2.24) is 15.5 Å². The molecule has 2 N–H and O–H groups in total. The second kappa shape index (κ2) is 8.99. The molecule has 0 aliphatic carbocycles. The molecular weight excluding hydrogens is 352 g/mol. The molecule has 0 aliphatic rings. The van der Waals surface area contributed by atoms with Gasteiger partial charge >= 0.3 is 0 Å². The molecule has 0 fully saturated rings. The zero-order chi connectivity index (χ0) is 19.9. The van der Waals surface area contributed by atoms with Crippen molar-refractivity contribution in [3.8, 4) is 5.75 Å². The number of aromatic nitrogens is 2. The van der Waals surface area contributed by atoms with E-state index in [4.69, 9.17) is 4.74 Å². The van der Waals surface area contributed by atoms with Gasteiger partial charge in [-0.3, -0.25) is 4.79 Å². The summed E-state index contributed by atoms with van der Waals surface area (Å²) in [7, 11) is 1.64. The number of carbonyl (C=O) groups is 1. The number of carbonyl (C=O) groups excluding carboxylic acids is 1. The Hall–Kier alpha value is -3.41. The normalized spacial score (nSPS) is 10.4. The molecule has 3 aromatic rings. The number of anilines is 2. The minimum atomic E-state index is -0.237. The second-order valence-electron chi connectivity index (χ2n) is 6.60. The Morgan fingerprint density at radius 3 is 2.46 bits per heavy atom. The molecule has 6 nitrogen and oxygen atoms in total. The number of hydrogen-bond donors (Lipinski definition) is 2. The van der Waals surface area contributed by atoms with E-state index in [1.54, 1.807) is 19.2 Å². The van der Waals surface area contributed by atoms with Crippen LogP contribution in [0.5, 0.6) is 5.75 Å². The van der Waals surface area contributed by atoms with Gasteiger partial charge in [0.25, 0.3) is 5.91 Å². The van der Waals surface area contributed by atoms with E-state index in [1.807, 2.05) is 38.1 Å². The monoisotopic (exact) mass is 376 g/mol. The number of methoxy groups -OCH3 is 1. The average molecular weight is 376 g/mol. The Kier molecular flexibility index (Phi) is 6.22. The average Bonchev–Trinajstić information content (AvgIpc) is 2.71. The summed E-state index contributed by atoms with van der Waals surface area (Å²) in [6.45, 7) is 4.59. The van der Waals surface area contributed by atoms with Crippen LogP contribution < -0.4 is 15.4 Å². The number of benzene rings is 2. The fraction of sp³-hybridized carbons (Fsp3) is 0.227. The van der Waals surface area contributed by atoms with E-state index in [-0.39, 0.29) is 5.91 Å². The van der Waals surface area contributed by atoms with Gasteiger partial charge in [0.1, 0.15) is 5.75 Å². The molecule has 1 heterocycles. The number of amides is 1. The van der Waals surface area contributed by atoms with Crippen LogP contribution in [0, 0.1) is 13.8 Å². The highest BCUT2D eigenvalue weighted by molar-refractivity contribution is 5.92. The number of aryl methyl sites for hydroxylation is 2. The molecular formula is C22H24N4O2. The van der Waals surface area contributed by atoms with Crippen LogP contribution >= 0.6 is 0 Å². The van der Waals surface area contributed by atoms with Gasteiger partial charge in [0, 0.05) is 12.2 Å². The molecule has 0 saturated heterocycles. The van der Waals surface area contributed by atoms with Crippen molar-refractivity contribution in [1.29, 1.82) is 0 Å². The lowest BCUT2D eigenvalue weighted by molar-refractivity contribution is 0.0948. The third kappa shape index (κ3) is 5.07. The highest BCUT2D eigenvalue weighted by atomic mass is 16.5. The first kappa shape index (κ1) is 19.4. The van der Waals surface area contributed by atoms with Crippen LogP contribution in [0.3, 0.4) is 0 Å². The van der Waals surface area contributed by atoms with E-state index in [9.17, 15) is 4.79 Å². The summed E-state index contributed by atoms with van der Waals surface area (Å²) < 4.78 is 5.14. The lowest BCUT2D eigenvalue weighted by Gasteiger charge is -2.10. The molecule has 0 spiro atoms. The standard InChI is InChI=1S/C22H24N4O2/c1-15-4-5-16(2)20(14-15)24-21-11-10-19(25-26-21)22(27)23-13-12-17-6-8-18(28-3)9-7-17/h4-11,14H,12-13H2,1-3H3,(H,23,27)(H,24,26). The summed E-state index contributed by atoms with van der Waals surface area (Å²) in [5, 5.41) is 14.3. The molecule has 0 bridgehead atoms. The van der Waals surface area contributed by atoms with Crippen molar-refractivity contribution in [3.05, 3.63) is 77.0 Å². The first-order valence-corrected chi connectivity index (χ1v) is 9.14. The summed E-state index contributed by atoms with van der Waals surface area (Å²) in [5.74, 6) is 1.18. The van der Waals surface area contributed by atoms with Gasteiger partial charge in [-0.1, -0.05) is 24.3 Å². The quantitative estimate of drug-likeness (QED) is 0.656. The van der Waals surface area contributed by atoms with Crippen LogP contribution in [0.2, 0.25) is 0 Å². The van der Waals surface area contributed by atoms with Crippen LogP contribution in [0.15, 0.2) is 54.6 Å². The third-order valence-corrected chi connectivity index (χ3v) is 4.41. The fourth-order valence-electron chi connectivity index (χ4n) is 2.73. The van der Waals surface area contributed by atoms with E-state index in [2.05, 4.69) is 39.0 Å². The number of hydrogen-bond acceptors (Lipinski definition) is 5. The zero-order valence-corrected chi connectivity index (χ0v) is 16.3. The van der Waals surface area contributed by atoms with Crippen LogP contribution in [-0.4, -0.2) is 29.8 Å². The van der Waals surface area contributed by atoms with Gasteiger partial charge in [-0.25, -0.2) is 0 Å². The lowest BCUT2D eigenvalue weighted by Crippen LogP contribution is -2.26. The summed E-state index contributed by atoms with van der Waals surface area (Å²) in [6.07, 6.45) is 0.732. The van der Waals surface area contributed by atoms with Crippen LogP contribution in [0.25, 0.3) is 0 Å². The van der Waals surface area contributed by atoms with E-state index in [1.165, 1.54) is 0 Å². The van der Waals surface area contributed by atoms with Crippen LogP contribution in [0.1, 0.15) is 27.2 Å². The number of rotatable bonds is 7. The first-order valence-electron chi connectivity index (χ1n) is 9.14. The van der Waals surface area contributed by atoms with Crippen molar-refractivity contribution in [2.45, 2.75) is 20.3 Å². The highest BCUT2D eigenvalue weighted by Gasteiger charge is 2.08. The lowest BCUT2D eigenvalue weighted by atomic mass is 10.1. The maximum Gasteiger partial charge on any atom is 0.271 e. The van der Waals surface area contributed by atoms with E-state index >= 15 is 0 Å². The molecule has 0 saturated carbocycles. The van der Waals surface area contributed by atoms with Gasteiger partial charge in [-0.05, 0) is 67.3 Å². The number of nitrogens with zero attached hydrogens (tertiary/aromatic N) is 2. The summed E-state index contributed by atoms with van der Waals surface area (Å²) in [4.78, 5) is 12.2. The molecule has 144 valence electrons. The summed E-state index contributed by atoms with van der Waals surface area (Å²) in [5.41, 5.74) is 4.68. The van der Waals surface area contributed by atoms with Crippen molar-refractivity contribution in [2.24, 2.45) is 0 Å². The molecule has 28 heavy (non-hydrogen) atoms. The number of nitrogens with one attached hydrogen (secondary N) is 2. The molecule has 1 aromatic heterocycles. The second-order valence-corrected chi connectivity index (χ2v) is 6.60. The predicted octanol–water partition coefficient (Wildman–Crippen LogP) is 3.82. The molecule has 3 rings (SSSR count). The van der Waals surface area contributed by atoms with Gasteiger partial charge in [0.05, 0.1) is 7.11 Å². The molecule has 0 atom stereocenters. The molecule has 6 heteroatoms. The highest BCUT2D eigenvalue weighted by Crippen LogP contribution is 2.20. The van der Waals surface area contributed by atoms with E-state index in [0.29, 0.717) is 18.1 Å². The topological polar surface area (TPSA) is 76.1 Å². The minimum Gasteiger partial charge on any atom is -0.497 e. The minimum absolute atomic E-state index is 0.237. The Bertz CT molecular complexity index is 938.